The molecule has 0 aromatic carbocycles. The van der Waals surface area contributed by atoms with Crippen LogP contribution in [0, 0.1) is 12.3 Å². The van der Waals surface area contributed by atoms with Gasteiger partial charge >= 0.3 is 5.97 Å². The second-order valence-electron chi connectivity index (χ2n) is 2.45. The minimum atomic E-state index is -1.28. The SMILES string of the molecule is C#CCNCC(=O)N[C@@H](CO)C(=O)O. The number of carbonyl (C=O) groups excluding carboxylic acids is 1. The summed E-state index contributed by atoms with van der Waals surface area (Å²) in [5.74, 6) is 0.450. The summed E-state index contributed by atoms with van der Waals surface area (Å²) in [6.07, 6.45) is 4.91. The van der Waals surface area contributed by atoms with Gasteiger partial charge < -0.3 is 15.5 Å². The van der Waals surface area contributed by atoms with Gasteiger partial charge in [0.05, 0.1) is 19.7 Å². The molecule has 0 fully saturated rings. The predicted molar refractivity (Wildman–Crippen MR) is 48.4 cm³/mol. The van der Waals surface area contributed by atoms with E-state index in [-0.39, 0.29) is 13.1 Å². The molecule has 0 radical (unpaired) electrons. The number of carboxylic acid groups (broad SMARTS) is 1. The topological polar surface area (TPSA) is 98.7 Å². The summed E-state index contributed by atoms with van der Waals surface area (Å²) in [5.41, 5.74) is 0. The Morgan fingerprint density at radius 2 is 2.14 bits per heavy atom. The molecule has 14 heavy (non-hydrogen) atoms. The summed E-state index contributed by atoms with van der Waals surface area (Å²) in [6, 6.07) is -1.27. The van der Waals surface area contributed by atoms with E-state index in [1.807, 2.05) is 0 Å². The molecule has 0 aromatic rings. The van der Waals surface area contributed by atoms with Gasteiger partial charge in [-0.05, 0) is 0 Å². The third kappa shape index (κ3) is 5.13. The van der Waals surface area contributed by atoms with E-state index in [4.69, 9.17) is 16.6 Å². The van der Waals surface area contributed by atoms with Crippen LogP contribution < -0.4 is 10.6 Å². The maximum Gasteiger partial charge on any atom is 0.328 e. The van der Waals surface area contributed by atoms with Crippen LogP contribution in [0.5, 0.6) is 0 Å². The summed E-state index contributed by atoms with van der Waals surface area (Å²) in [7, 11) is 0. The van der Waals surface area contributed by atoms with Crippen molar-refractivity contribution in [2.45, 2.75) is 6.04 Å². The molecule has 0 rings (SSSR count). The van der Waals surface area contributed by atoms with Crippen LogP contribution in [0.2, 0.25) is 0 Å². The molecule has 0 saturated heterocycles. The lowest BCUT2D eigenvalue weighted by Gasteiger charge is -2.11. The van der Waals surface area contributed by atoms with E-state index in [0.717, 1.165) is 0 Å². The molecule has 4 N–H and O–H groups in total. The van der Waals surface area contributed by atoms with Crippen molar-refractivity contribution in [3.63, 3.8) is 0 Å². The average Bonchev–Trinajstić information content (AvgIpc) is 2.14. The number of nitrogens with one attached hydrogen (secondary N) is 2. The number of carboxylic acids is 1. The number of aliphatic carboxylic acids is 1. The number of terminal acetylenes is 1. The van der Waals surface area contributed by atoms with Gasteiger partial charge in [0, 0.05) is 0 Å². The first-order valence-corrected chi connectivity index (χ1v) is 3.89. The van der Waals surface area contributed by atoms with E-state index in [0.29, 0.717) is 0 Å². The fraction of sp³-hybridized carbons (Fsp3) is 0.500. The molecule has 0 aromatic heterocycles. The third-order valence-electron chi connectivity index (χ3n) is 1.33. The molecule has 0 unspecified atom stereocenters. The Bertz CT molecular complexity index is 246. The molecule has 6 heteroatoms. The second-order valence-corrected chi connectivity index (χ2v) is 2.45. The minimum Gasteiger partial charge on any atom is -0.480 e. The molecule has 0 aliphatic heterocycles. The zero-order valence-corrected chi connectivity index (χ0v) is 7.49. The van der Waals surface area contributed by atoms with Crippen molar-refractivity contribution in [1.29, 1.82) is 0 Å². The van der Waals surface area contributed by atoms with E-state index >= 15 is 0 Å². The molecule has 0 aliphatic rings. The number of carbonyl (C=O) groups is 2. The van der Waals surface area contributed by atoms with Crippen LogP contribution in [0.25, 0.3) is 0 Å². The quantitative estimate of drug-likeness (QED) is 0.287. The van der Waals surface area contributed by atoms with Crippen molar-refractivity contribution in [2.75, 3.05) is 19.7 Å². The number of aliphatic hydroxyl groups excluding tert-OH is 1. The number of aliphatic hydroxyl groups is 1. The van der Waals surface area contributed by atoms with Crippen molar-refractivity contribution in [1.82, 2.24) is 10.6 Å². The lowest BCUT2D eigenvalue weighted by atomic mass is 10.3. The highest BCUT2D eigenvalue weighted by Gasteiger charge is 2.17. The third-order valence-corrected chi connectivity index (χ3v) is 1.33. The molecule has 0 saturated carbocycles. The van der Waals surface area contributed by atoms with Crippen molar-refractivity contribution in [3.8, 4) is 12.3 Å². The van der Waals surface area contributed by atoms with Crippen LogP contribution >= 0.6 is 0 Å². The van der Waals surface area contributed by atoms with Crippen molar-refractivity contribution < 1.29 is 19.8 Å². The Hall–Kier alpha value is -1.58. The fourth-order valence-electron chi connectivity index (χ4n) is 0.679. The molecule has 0 aliphatic carbocycles. The van der Waals surface area contributed by atoms with Crippen molar-refractivity contribution in [3.05, 3.63) is 0 Å². The predicted octanol–water partition coefficient (Wildman–Crippen LogP) is -2.23. The zero-order valence-electron chi connectivity index (χ0n) is 7.49. The largest absolute Gasteiger partial charge is 0.480 e. The number of hydrogen-bond donors (Lipinski definition) is 4. The zero-order chi connectivity index (χ0) is 11.0. The molecule has 6 nitrogen and oxygen atoms in total. The first-order valence-electron chi connectivity index (χ1n) is 3.89. The molecule has 0 spiro atoms. The van der Waals surface area contributed by atoms with Crippen LogP contribution in [-0.2, 0) is 9.59 Å². The van der Waals surface area contributed by atoms with Gasteiger partial charge in [-0.3, -0.25) is 10.1 Å². The van der Waals surface area contributed by atoms with E-state index in [1.54, 1.807) is 0 Å². The summed E-state index contributed by atoms with van der Waals surface area (Å²) < 4.78 is 0. The van der Waals surface area contributed by atoms with E-state index < -0.39 is 24.5 Å². The van der Waals surface area contributed by atoms with Crippen LogP contribution in [0.4, 0.5) is 0 Å². The number of hydrogen-bond acceptors (Lipinski definition) is 4. The smallest absolute Gasteiger partial charge is 0.328 e. The lowest BCUT2D eigenvalue weighted by molar-refractivity contribution is -0.142. The average molecular weight is 200 g/mol. The van der Waals surface area contributed by atoms with Gasteiger partial charge in [-0.1, -0.05) is 5.92 Å². The van der Waals surface area contributed by atoms with Gasteiger partial charge in [-0.25, -0.2) is 4.79 Å². The van der Waals surface area contributed by atoms with Crippen molar-refractivity contribution in [2.24, 2.45) is 0 Å². The van der Waals surface area contributed by atoms with Gasteiger partial charge in [0.2, 0.25) is 5.91 Å². The second kappa shape index (κ2) is 6.88. The molecule has 0 bridgehead atoms. The standard InChI is InChI=1S/C8H12N2O4/c1-2-3-9-4-7(12)10-6(5-11)8(13)14/h1,6,9,11H,3-5H2,(H,10,12)(H,13,14)/t6-/m0/s1. The highest BCUT2D eigenvalue weighted by molar-refractivity contribution is 5.84. The van der Waals surface area contributed by atoms with E-state index in [2.05, 4.69) is 16.6 Å². The Labute approximate surface area is 81.3 Å². The minimum absolute atomic E-state index is 0.0754. The Kier molecular flexibility index (Phi) is 6.11. The monoisotopic (exact) mass is 200 g/mol. The highest BCUT2D eigenvalue weighted by Crippen LogP contribution is 1.81. The van der Waals surface area contributed by atoms with Crippen molar-refractivity contribution >= 4 is 11.9 Å². The Morgan fingerprint density at radius 1 is 1.50 bits per heavy atom. The molecular weight excluding hydrogens is 188 g/mol. The Balaban J connectivity index is 3.80. The number of rotatable bonds is 6. The first kappa shape index (κ1) is 12.4. The summed E-state index contributed by atoms with van der Waals surface area (Å²) in [4.78, 5) is 21.3. The highest BCUT2D eigenvalue weighted by atomic mass is 16.4. The van der Waals surface area contributed by atoms with Crippen LogP contribution in [0.1, 0.15) is 0 Å². The van der Waals surface area contributed by atoms with Crippen LogP contribution in [0.15, 0.2) is 0 Å². The summed E-state index contributed by atoms with van der Waals surface area (Å²) >= 11 is 0. The molecular formula is C8H12N2O4. The molecule has 78 valence electrons. The van der Waals surface area contributed by atoms with Gasteiger partial charge in [-0.2, -0.15) is 0 Å². The van der Waals surface area contributed by atoms with Gasteiger partial charge in [0.15, 0.2) is 0 Å². The maximum absolute atomic E-state index is 11.0. The van der Waals surface area contributed by atoms with E-state index in [1.165, 1.54) is 0 Å². The molecule has 0 heterocycles. The maximum atomic E-state index is 11.0. The normalized spacial score (nSPS) is 11.4. The fourth-order valence-corrected chi connectivity index (χ4v) is 0.679. The lowest BCUT2D eigenvalue weighted by Crippen LogP contribution is -2.46. The Morgan fingerprint density at radius 3 is 2.57 bits per heavy atom. The van der Waals surface area contributed by atoms with Gasteiger partial charge in [-0.15, -0.1) is 6.42 Å². The first-order chi connectivity index (χ1) is 6.61. The summed E-state index contributed by atoms with van der Waals surface area (Å²) in [6.45, 7) is -0.492. The number of amides is 1. The molecule has 1 amide bonds. The molecule has 1 atom stereocenters. The van der Waals surface area contributed by atoms with Gasteiger partial charge in [0.1, 0.15) is 6.04 Å². The van der Waals surface area contributed by atoms with Crippen LogP contribution in [-0.4, -0.2) is 47.8 Å². The van der Waals surface area contributed by atoms with E-state index in [9.17, 15) is 9.59 Å². The summed E-state index contributed by atoms with van der Waals surface area (Å²) in [5, 5.41) is 21.7. The van der Waals surface area contributed by atoms with Crippen LogP contribution in [0.3, 0.4) is 0 Å². The van der Waals surface area contributed by atoms with Gasteiger partial charge in [0.25, 0.3) is 0 Å².